The summed E-state index contributed by atoms with van der Waals surface area (Å²) in [5, 5.41) is 0.659. The third-order valence-corrected chi connectivity index (χ3v) is 3.75. The van der Waals surface area contributed by atoms with Crippen molar-refractivity contribution in [1.82, 2.24) is 5.43 Å². The van der Waals surface area contributed by atoms with E-state index in [1.165, 1.54) is 0 Å². The molecule has 2 aromatic carbocycles. The molecule has 0 radical (unpaired) electrons. The monoisotopic (exact) mass is 368 g/mol. The Morgan fingerprint density at radius 1 is 1.29 bits per heavy atom. The molecule has 2 aromatic rings. The van der Waals surface area contributed by atoms with Crippen molar-refractivity contribution in [2.24, 2.45) is 5.84 Å². The summed E-state index contributed by atoms with van der Waals surface area (Å²) in [5.41, 5.74) is 4.81. The van der Waals surface area contributed by atoms with Crippen LogP contribution in [0.25, 0.3) is 0 Å². The minimum Gasteiger partial charge on any atom is -0.493 e. The third-order valence-electron chi connectivity index (χ3n) is 3.08. The van der Waals surface area contributed by atoms with Crippen molar-refractivity contribution < 1.29 is 4.74 Å². The minimum atomic E-state index is -0.187. The zero-order valence-electron chi connectivity index (χ0n) is 11.8. The van der Waals surface area contributed by atoms with Crippen LogP contribution in [0.1, 0.15) is 30.5 Å². The molecular formula is C16H18BrClN2O. The number of para-hydroxylation sites is 1. The van der Waals surface area contributed by atoms with Crippen molar-refractivity contribution in [1.29, 1.82) is 0 Å². The smallest absolute Gasteiger partial charge is 0.124 e. The van der Waals surface area contributed by atoms with Gasteiger partial charge in [-0.2, -0.15) is 0 Å². The van der Waals surface area contributed by atoms with Crippen LogP contribution in [0.5, 0.6) is 5.75 Å². The van der Waals surface area contributed by atoms with Crippen LogP contribution >= 0.6 is 27.5 Å². The first-order valence-electron chi connectivity index (χ1n) is 6.79. The van der Waals surface area contributed by atoms with Gasteiger partial charge in [0.1, 0.15) is 5.75 Å². The lowest BCUT2D eigenvalue weighted by atomic mass is 9.98. The quantitative estimate of drug-likeness (QED) is 0.584. The Labute approximate surface area is 138 Å². The lowest BCUT2D eigenvalue weighted by molar-refractivity contribution is 0.311. The first-order chi connectivity index (χ1) is 10.2. The number of ether oxygens (including phenoxy) is 1. The number of nitrogens with one attached hydrogen (secondary N) is 1. The third kappa shape index (κ3) is 4.20. The maximum absolute atomic E-state index is 6.13. The van der Waals surface area contributed by atoms with Crippen molar-refractivity contribution in [3.63, 3.8) is 0 Å². The molecule has 5 heteroatoms. The molecule has 2 rings (SSSR count). The average molecular weight is 370 g/mol. The molecule has 0 saturated heterocycles. The molecule has 0 amide bonds. The van der Waals surface area contributed by atoms with Gasteiger partial charge in [0, 0.05) is 15.1 Å². The first-order valence-corrected chi connectivity index (χ1v) is 7.96. The standard InChI is InChI=1S/C16H18BrClN2O/c1-2-7-21-15-6-4-3-5-14(15)16(20-19)11-8-12(17)10-13(18)9-11/h3-6,8-10,16,20H,2,7,19H2,1H3. The van der Waals surface area contributed by atoms with Gasteiger partial charge in [-0.25, -0.2) is 5.43 Å². The maximum atomic E-state index is 6.13. The zero-order valence-corrected chi connectivity index (χ0v) is 14.1. The van der Waals surface area contributed by atoms with Gasteiger partial charge in [0.05, 0.1) is 12.6 Å². The normalized spacial score (nSPS) is 12.2. The van der Waals surface area contributed by atoms with Crippen molar-refractivity contribution >= 4 is 27.5 Å². The van der Waals surface area contributed by atoms with E-state index in [1.54, 1.807) is 0 Å². The molecule has 3 N–H and O–H groups in total. The fourth-order valence-corrected chi connectivity index (χ4v) is 3.06. The van der Waals surface area contributed by atoms with Crippen LogP contribution in [0.2, 0.25) is 5.02 Å². The molecule has 21 heavy (non-hydrogen) atoms. The average Bonchev–Trinajstić information content (AvgIpc) is 2.46. The Morgan fingerprint density at radius 2 is 2.05 bits per heavy atom. The molecule has 0 aromatic heterocycles. The Morgan fingerprint density at radius 3 is 2.71 bits per heavy atom. The summed E-state index contributed by atoms with van der Waals surface area (Å²) < 4.78 is 6.72. The topological polar surface area (TPSA) is 47.3 Å². The summed E-state index contributed by atoms with van der Waals surface area (Å²) in [6.07, 6.45) is 0.956. The maximum Gasteiger partial charge on any atom is 0.124 e. The van der Waals surface area contributed by atoms with Gasteiger partial charge in [0.2, 0.25) is 0 Å². The van der Waals surface area contributed by atoms with E-state index in [9.17, 15) is 0 Å². The summed E-state index contributed by atoms with van der Waals surface area (Å²) in [7, 11) is 0. The lowest BCUT2D eigenvalue weighted by Crippen LogP contribution is -2.29. The molecule has 0 heterocycles. The van der Waals surface area contributed by atoms with Gasteiger partial charge in [-0.1, -0.05) is 52.7 Å². The van der Waals surface area contributed by atoms with Gasteiger partial charge < -0.3 is 4.74 Å². The number of rotatable bonds is 6. The number of nitrogens with two attached hydrogens (primary N) is 1. The van der Waals surface area contributed by atoms with Crippen molar-refractivity contribution in [2.45, 2.75) is 19.4 Å². The number of hydrogen-bond donors (Lipinski definition) is 2. The van der Waals surface area contributed by atoms with Crippen LogP contribution in [0.3, 0.4) is 0 Å². The second-order valence-corrected chi connectivity index (χ2v) is 6.04. The summed E-state index contributed by atoms with van der Waals surface area (Å²) in [6, 6.07) is 13.4. The van der Waals surface area contributed by atoms with Crippen LogP contribution in [-0.2, 0) is 0 Å². The highest BCUT2D eigenvalue weighted by Gasteiger charge is 2.17. The van der Waals surface area contributed by atoms with Gasteiger partial charge in [0.15, 0.2) is 0 Å². The van der Waals surface area contributed by atoms with E-state index in [0.717, 1.165) is 27.8 Å². The van der Waals surface area contributed by atoms with Crippen LogP contribution in [0.15, 0.2) is 46.9 Å². The summed E-state index contributed by atoms with van der Waals surface area (Å²) in [4.78, 5) is 0. The highest BCUT2D eigenvalue weighted by atomic mass is 79.9. The second kappa shape index (κ2) is 7.80. The molecular weight excluding hydrogens is 352 g/mol. The lowest BCUT2D eigenvalue weighted by Gasteiger charge is -2.20. The molecule has 1 unspecified atom stereocenters. The van der Waals surface area contributed by atoms with E-state index in [2.05, 4.69) is 28.3 Å². The van der Waals surface area contributed by atoms with Crippen LogP contribution < -0.4 is 16.0 Å². The van der Waals surface area contributed by atoms with Gasteiger partial charge >= 0.3 is 0 Å². The summed E-state index contributed by atoms with van der Waals surface area (Å²) in [6.45, 7) is 2.75. The number of benzene rings is 2. The number of halogens is 2. The van der Waals surface area contributed by atoms with E-state index >= 15 is 0 Å². The molecule has 0 spiro atoms. The van der Waals surface area contributed by atoms with E-state index < -0.39 is 0 Å². The van der Waals surface area contributed by atoms with Gasteiger partial charge in [0.25, 0.3) is 0 Å². The van der Waals surface area contributed by atoms with E-state index in [4.69, 9.17) is 22.2 Å². The highest BCUT2D eigenvalue weighted by Crippen LogP contribution is 2.32. The first kappa shape index (κ1) is 16.3. The van der Waals surface area contributed by atoms with Gasteiger partial charge in [-0.15, -0.1) is 0 Å². The van der Waals surface area contributed by atoms with E-state index in [1.807, 2.05) is 42.5 Å². The van der Waals surface area contributed by atoms with Crippen LogP contribution in [-0.4, -0.2) is 6.61 Å². The Kier molecular flexibility index (Phi) is 6.06. The van der Waals surface area contributed by atoms with Gasteiger partial charge in [-0.05, 0) is 36.2 Å². The summed E-state index contributed by atoms with van der Waals surface area (Å²) in [5.74, 6) is 6.60. The number of hydrogen-bond acceptors (Lipinski definition) is 3. The molecule has 0 aliphatic carbocycles. The number of hydrazine groups is 1. The molecule has 0 aliphatic rings. The Balaban J connectivity index is 2.41. The molecule has 0 aliphatic heterocycles. The van der Waals surface area contributed by atoms with E-state index in [0.29, 0.717) is 11.6 Å². The predicted octanol–water partition coefficient (Wildman–Crippen LogP) is 4.44. The molecule has 112 valence electrons. The minimum absolute atomic E-state index is 0.187. The van der Waals surface area contributed by atoms with E-state index in [-0.39, 0.29) is 6.04 Å². The van der Waals surface area contributed by atoms with Crippen molar-refractivity contribution in [2.75, 3.05) is 6.61 Å². The predicted molar refractivity (Wildman–Crippen MR) is 90.5 cm³/mol. The van der Waals surface area contributed by atoms with Gasteiger partial charge in [-0.3, -0.25) is 5.84 Å². The summed E-state index contributed by atoms with van der Waals surface area (Å²) >= 11 is 9.59. The van der Waals surface area contributed by atoms with Crippen LogP contribution in [0.4, 0.5) is 0 Å². The largest absolute Gasteiger partial charge is 0.493 e. The molecule has 0 saturated carbocycles. The Hall–Kier alpha value is -1.07. The second-order valence-electron chi connectivity index (χ2n) is 4.69. The Bertz CT molecular complexity index is 586. The molecule has 3 nitrogen and oxygen atoms in total. The zero-order chi connectivity index (χ0) is 15.2. The van der Waals surface area contributed by atoms with Crippen LogP contribution in [0, 0.1) is 0 Å². The molecule has 1 atom stereocenters. The molecule has 0 fully saturated rings. The SMILES string of the molecule is CCCOc1ccccc1C(NN)c1cc(Cl)cc(Br)c1. The fourth-order valence-electron chi connectivity index (χ4n) is 2.17. The van der Waals surface area contributed by atoms with Crippen molar-refractivity contribution in [3.8, 4) is 5.75 Å². The fraction of sp³-hybridized carbons (Fsp3) is 0.250. The molecule has 0 bridgehead atoms. The highest BCUT2D eigenvalue weighted by molar-refractivity contribution is 9.10. The van der Waals surface area contributed by atoms with Crippen molar-refractivity contribution in [3.05, 3.63) is 63.1 Å².